The van der Waals surface area contributed by atoms with E-state index in [1.54, 1.807) is 6.08 Å². The standard InChI is InChI=1S/C10H18O2S2/c1-3-4-7-12-10(11)9(14)6-5-8(2)13/h5-6,8-9,13-14H,3-4,7H2,1-2H3/b6-5-. The van der Waals surface area contributed by atoms with Crippen molar-refractivity contribution in [2.24, 2.45) is 0 Å². The summed E-state index contributed by atoms with van der Waals surface area (Å²) in [7, 11) is 0. The predicted octanol–water partition coefficient (Wildman–Crippen LogP) is 2.50. The molecule has 0 aliphatic heterocycles. The van der Waals surface area contributed by atoms with E-state index >= 15 is 0 Å². The quantitative estimate of drug-likeness (QED) is 0.320. The maximum atomic E-state index is 11.3. The van der Waals surface area contributed by atoms with Crippen molar-refractivity contribution in [3.63, 3.8) is 0 Å². The largest absolute Gasteiger partial charge is 0.465 e. The van der Waals surface area contributed by atoms with Gasteiger partial charge in [-0.1, -0.05) is 32.4 Å². The molecule has 4 heteroatoms. The first kappa shape index (κ1) is 13.9. The molecule has 0 aromatic carbocycles. The summed E-state index contributed by atoms with van der Waals surface area (Å²) < 4.78 is 4.98. The lowest BCUT2D eigenvalue weighted by atomic mass is 10.3. The number of hydrogen-bond acceptors (Lipinski definition) is 4. The zero-order valence-electron chi connectivity index (χ0n) is 8.64. The maximum absolute atomic E-state index is 11.3. The summed E-state index contributed by atoms with van der Waals surface area (Å²) in [5.41, 5.74) is 0. The Hall–Kier alpha value is -0.0900. The van der Waals surface area contributed by atoms with E-state index in [1.807, 2.05) is 13.0 Å². The van der Waals surface area contributed by atoms with Crippen LogP contribution >= 0.6 is 25.3 Å². The van der Waals surface area contributed by atoms with E-state index in [9.17, 15) is 4.79 Å². The number of ether oxygens (including phenoxy) is 1. The van der Waals surface area contributed by atoms with E-state index in [-0.39, 0.29) is 11.2 Å². The monoisotopic (exact) mass is 234 g/mol. The van der Waals surface area contributed by atoms with Gasteiger partial charge in [0.1, 0.15) is 5.25 Å². The third kappa shape index (κ3) is 7.33. The van der Waals surface area contributed by atoms with Crippen molar-refractivity contribution in [2.75, 3.05) is 6.61 Å². The van der Waals surface area contributed by atoms with Crippen molar-refractivity contribution in [1.29, 1.82) is 0 Å². The molecule has 2 unspecified atom stereocenters. The van der Waals surface area contributed by atoms with E-state index in [2.05, 4.69) is 32.2 Å². The van der Waals surface area contributed by atoms with E-state index in [0.29, 0.717) is 6.61 Å². The highest BCUT2D eigenvalue weighted by atomic mass is 32.1. The Bertz CT molecular complexity index is 191. The topological polar surface area (TPSA) is 26.3 Å². The third-order valence-electron chi connectivity index (χ3n) is 1.56. The van der Waals surface area contributed by atoms with Crippen LogP contribution in [-0.4, -0.2) is 23.1 Å². The number of rotatable bonds is 6. The molecule has 0 amide bonds. The fraction of sp³-hybridized carbons (Fsp3) is 0.700. The molecule has 2 atom stereocenters. The summed E-state index contributed by atoms with van der Waals surface area (Å²) >= 11 is 8.26. The summed E-state index contributed by atoms with van der Waals surface area (Å²) in [4.78, 5) is 11.3. The fourth-order valence-corrected chi connectivity index (χ4v) is 1.02. The van der Waals surface area contributed by atoms with Gasteiger partial charge in [-0.05, 0) is 6.42 Å². The fourth-order valence-electron chi connectivity index (χ4n) is 0.747. The summed E-state index contributed by atoms with van der Waals surface area (Å²) in [6.45, 7) is 4.45. The van der Waals surface area contributed by atoms with Gasteiger partial charge in [-0.25, -0.2) is 0 Å². The van der Waals surface area contributed by atoms with Crippen LogP contribution in [0.2, 0.25) is 0 Å². The molecule has 0 radical (unpaired) electrons. The number of thiol groups is 2. The predicted molar refractivity (Wildman–Crippen MR) is 66.2 cm³/mol. The van der Waals surface area contributed by atoms with Gasteiger partial charge in [0.15, 0.2) is 0 Å². The molecule has 0 aliphatic carbocycles. The van der Waals surface area contributed by atoms with Crippen LogP contribution in [0, 0.1) is 0 Å². The van der Waals surface area contributed by atoms with Gasteiger partial charge in [0, 0.05) is 5.25 Å². The molecule has 82 valence electrons. The number of carbonyl (C=O) groups is 1. The van der Waals surface area contributed by atoms with Gasteiger partial charge in [0.25, 0.3) is 0 Å². The van der Waals surface area contributed by atoms with Crippen LogP contribution in [0.25, 0.3) is 0 Å². The molecular formula is C10H18O2S2. The van der Waals surface area contributed by atoms with E-state index in [1.165, 1.54) is 0 Å². The maximum Gasteiger partial charge on any atom is 0.322 e. The smallest absolute Gasteiger partial charge is 0.322 e. The molecule has 0 aromatic heterocycles. The van der Waals surface area contributed by atoms with Gasteiger partial charge in [0.05, 0.1) is 6.61 Å². The lowest BCUT2D eigenvalue weighted by Crippen LogP contribution is -2.16. The van der Waals surface area contributed by atoms with E-state index < -0.39 is 5.25 Å². The first-order chi connectivity index (χ1) is 6.57. The van der Waals surface area contributed by atoms with Crippen molar-refractivity contribution < 1.29 is 9.53 Å². The Morgan fingerprint density at radius 2 is 2.07 bits per heavy atom. The van der Waals surface area contributed by atoms with Crippen molar-refractivity contribution in [3.8, 4) is 0 Å². The Kier molecular flexibility index (Phi) is 8.18. The van der Waals surface area contributed by atoms with E-state index in [0.717, 1.165) is 12.8 Å². The number of hydrogen-bond donors (Lipinski definition) is 2. The summed E-state index contributed by atoms with van der Waals surface area (Å²) in [5, 5.41) is -0.338. The molecule has 0 saturated heterocycles. The number of carbonyl (C=O) groups excluding carboxylic acids is 1. The zero-order chi connectivity index (χ0) is 11.0. The van der Waals surface area contributed by atoms with Crippen molar-refractivity contribution in [2.45, 2.75) is 37.2 Å². The minimum absolute atomic E-state index is 0.132. The van der Waals surface area contributed by atoms with Crippen LogP contribution in [0.1, 0.15) is 26.7 Å². The molecule has 14 heavy (non-hydrogen) atoms. The first-order valence-corrected chi connectivity index (χ1v) is 5.82. The number of esters is 1. The zero-order valence-corrected chi connectivity index (χ0v) is 10.4. The molecule has 2 nitrogen and oxygen atoms in total. The molecule has 0 bridgehead atoms. The second-order valence-corrected chi connectivity index (χ2v) is 4.46. The summed E-state index contributed by atoms with van der Waals surface area (Å²) in [6, 6.07) is 0. The molecule has 0 heterocycles. The Morgan fingerprint density at radius 1 is 1.43 bits per heavy atom. The van der Waals surface area contributed by atoms with Crippen LogP contribution in [0.5, 0.6) is 0 Å². The van der Waals surface area contributed by atoms with Crippen LogP contribution in [0.4, 0.5) is 0 Å². The summed E-state index contributed by atoms with van der Waals surface area (Å²) in [6.07, 6.45) is 5.45. The molecular weight excluding hydrogens is 216 g/mol. The minimum Gasteiger partial charge on any atom is -0.465 e. The van der Waals surface area contributed by atoms with E-state index in [4.69, 9.17) is 4.74 Å². The van der Waals surface area contributed by atoms with Crippen molar-refractivity contribution >= 4 is 31.2 Å². The minimum atomic E-state index is -0.471. The van der Waals surface area contributed by atoms with Crippen LogP contribution in [0.3, 0.4) is 0 Å². The molecule has 0 N–H and O–H groups in total. The Morgan fingerprint density at radius 3 is 2.57 bits per heavy atom. The highest BCUT2D eigenvalue weighted by Crippen LogP contribution is 2.04. The van der Waals surface area contributed by atoms with Gasteiger partial charge in [-0.3, -0.25) is 4.79 Å². The second kappa shape index (κ2) is 8.24. The van der Waals surface area contributed by atoms with Crippen LogP contribution in [-0.2, 0) is 9.53 Å². The average molecular weight is 234 g/mol. The van der Waals surface area contributed by atoms with Crippen molar-refractivity contribution in [1.82, 2.24) is 0 Å². The first-order valence-electron chi connectivity index (χ1n) is 4.79. The molecule has 0 fully saturated rings. The van der Waals surface area contributed by atoms with Gasteiger partial charge in [-0.2, -0.15) is 25.3 Å². The van der Waals surface area contributed by atoms with Crippen LogP contribution in [0.15, 0.2) is 12.2 Å². The lowest BCUT2D eigenvalue weighted by molar-refractivity contribution is -0.142. The van der Waals surface area contributed by atoms with Crippen molar-refractivity contribution in [3.05, 3.63) is 12.2 Å². The third-order valence-corrected chi connectivity index (χ3v) is 2.11. The average Bonchev–Trinajstić information content (AvgIpc) is 2.14. The SMILES string of the molecule is CCCCOC(=O)C(S)/C=C\C(C)S. The van der Waals surface area contributed by atoms with Gasteiger partial charge >= 0.3 is 5.97 Å². The lowest BCUT2D eigenvalue weighted by Gasteiger charge is -2.06. The highest BCUT2D eigenvalue weighted by Gasteiger charge is 2.11. The molecule has 0 spiro atoms. The van der Waals surface area contributed by atoms with Crippen LogP contribution < -0.4 is 0 Å². The second-order valence-electron chi connectivity index (χ2n) is 3.09. The molecule has 0 aromatic rings. The Balaban J connectivity index is 3.76. The Labute approximate surface area is 96.9 Å². The summed E-state index contributed by atoms with van der Waals surface area (Å²) in [5.74, 6) is -0.285. The number of unbranched alkanes of at least 4 members (excludes halogenated alkanes) is 1. The molecule has 0 aliphatic rings. The van der Waals surface area contributed by atoms with Gasteiger partial charge < -0.3 is 4.74 Å². The normalized spacial score (nSPS) is 15.4. The molecule has 0 saturated carbocycles. The molecule has 0 rings (SSSR count). The van der Waals surface area contributed by atoms with Gasteiger partial charge in [0.2, 0.25) is 0 Å². The van der Waals surface area contributed by atoms with Gasteiger partial charge in [-0.15, -0.1) is 0 Å². The highest BCUT2D eigenvalue weighted by molar-refractivity contribution is 7.82.